The number of imide groups is 1. The maximum absolute atomic E-state index is 12.8. The van der Waals surface area contributed by atoms with E-state index < -0.39 is 24.5 Å². The molecule has 0 heterocycles. The summed E-state index contributed by atoms with van der Waals surface area (Å²) in [6, 6.07) is 15.0. The number of rotatable bonds is 8. The number of carbonyl (C=O) groups excluding carboxylic acids is 4. The van der Waals surface area contributed by atoms with Crippen molar-refractivity contribution < 1.29 is 23.9 Å². The van der Waals surface area contributed by atoms with E-state index in [1.807, 2.05) is 37.3 Å². The molecule has 0 saturated heterocycles. The van der Waals surface area contributed by atoms with Crippen molar-refractivity contribution in [2.45, 2.75) is 19.9 Å². The zero-order chi connectivity index (χ0) is 21.9. The summed E-state index contributed by atoms with van der Waals surface area (Å²) in [5, 5.41) is 4.54. The molecule has 8 heteroatoms. The summed E-state index contributed by atoms with van der Waals surface area (Å²) in [5.74, 6) is -1.94. The minimum atomic E-state index is -0.823. The fraction of sp³-hybridized carbons (Fsp3) is 0.273. The van der Waals surface area contributed by atoms with Crippen molar-refractivity contribution in [3.8, 4) is 0 Å². The Morgan fingerprint density at radius 1 is 0.933 bits per heavy atom. The van der Waals surface area contributed by atoms with Crippen molar-refractivity contribution in [3.63, 3.8) is 0 Å². The Morgan fingerprint density at radius 2 is 1.57 bits per heavy atom. The molecule has 0 aliphatic carbocycles. The maximum Gasteiger partial charge on any atom is 0.339 e. The van der Waals surface area contributed by atoms with Crippen molar-refractivity contribution >= 4 is 23.8 Å². The molecule has 0 unspecified atom stereocenters. The van der Waals surface area contributed by atoms with Crippen LogP contribution in [0.2, 0.25) is 0 Å². The number of hydrogen-bond donors (Lipinski definition) is 2. The van der Waals surface area contributed by atoms with Crippen LogP contribution in [0.15, 0.2) is 54.6 Å². The molecule has 0 spiro atoms. The first-order chi connectivity index (χ1) is 14.4. The van der Waals surface area contributed by atoms with Crippen LogP contribution >= 0.6 is 0 Å². The highest BCUT2D eigenvalue weighted by atomic mass is 16.5. The van der Waals surface area contributed by atoms with E-state index in [9.17, 15) is 19.2 Å². The minimum Gasteiger partial charge on any atom is -0.452 e. The summed E-state index contributed by atoms with van der Waals surface area (Å²) in [7, 11) is 1.64. The number of esters is 1. The zero-order valence-corrected chi connectivity index (χ0v) is 17.0. The van der Waals surface area contributed by atoms with E-state index in [2.05, 4.69) is 10.6 Å². The van der Waals surface area contributed by atoms with Gasteiger partial charge in [0.15, 0.2) is 6.61 Å². The molecule has 2 N–H and O–H groups in total. The van der Waals surface area contributed by atoms with Crippen molar-refractivity contribution in [1.29, 1.82) is 0 Å². The smallest absolute Gasteiger partial charge is 0.339 e. The highest BCUT2D eigenvalue weighted by Crippen LogP contribution is 2.14. The zero-order valence-electron chi connectivity index (χ0n) is 17.0. The van der Waals surface area contributed by atoms with Crippen molar-refractivity contribution in [1.82, 2.24) is 15.5 Å². The number of nitrogens with one attached hydrogen (secondary N) is 2. The van der Waals surface area contributed by atoms with Gasteiger partial charge in [0.2, 0.25) is 0 Å². The van der Waals surface area contributed by atoms with Crippen LogP contribution in [0.1, 0.15) is 39.6 Å². The molecule has 2 aromatic rings. The van der Waals surface area contributed by atoms with Crippen molar-refractivity contribution in [2.24, 2.45) is 0 Å². The second kappa shape index (κ2) is 11.4. The Kier molecular flexibility index (Phi) is 8.56. The van der Waals surface area contributed by atoms with Gasteiger partial charge in [-0.25, -0.2) is 9.59 Å². The van der Waals surface area contributed by atoms with E-state index in [0.717, 1.165) is 12.0 Å². The molecule has 0 fully saturated rings. The van der Waals surface area contributed by atoms with E-state index in [1.165, 1.54) is 17.0 Å². The number of ether oxygens (including phenoxy) is 1. The van der Waals surface area contributed by atoms with Gasteiger partial charge < -0.3 is 15.0 Å². The number of amides is 4. The number of urea groups is 1. The van der Waals surface area contributed by atoms with Crippen LogP contribution in [-0.2, 0) is 16.1 Å². The second-order valence-corrected chi connectivity index (χ2v) is 6.57. The van der Waals surface area contributed by atoms with E-state index in [-0.39, 0.29) is 17.0 Å². The second-order valence-electron chi connectivity index (χ2n) is 6.57. The van der Waals surface area contributed by atoms with E-state index in [4.69, 9.17) is 4.74 Å². The number of benzene rings is 2. The number of nitrogens with zero attached hydrogens (tertiary/aromatic N) is 1. The van der Waals surface area contributed by atoms with Crippen LogP contribution in [-0.4, -0.2) is 48.9 Å². The third-order valence-corrected chi connectivity index (χ3v) is 4.11. The molecular weight excluding hydrogens is 386 g/mol. The van der Waals surface area contributed by atoms with Gasteiger partial charge in [-0.15, -0.1) is 0 Å². The largest absolute Gasteiger partial charge is 0.452 e. The Morgan fingerprint density at radius 3 is 2.23 bits per heavy atom. The maximum atomic E-state index is 12.8. The summed E-state index contributed by atoms with van der Waals surface area (Å²) >= 11 is 0. The van der Waals surface area contributed by atoms with Gasteiger partial charge in [0.25, 0.3) is 11.8 Å². The lowest BCUT2D eigenvalue weighted by atomic mass is 10.1. The Balaban J connectivity index is 1.99. The van der Waals surface area contributed by atoms with Gasteiger partial charge in [-0.3, -0.25) is 14.9 Å². The highest BCUT2D eigenvalue weighted by Gasteiger charge is 2.21. The quantitative estimate of drug-likeness (QED) is 0.649. The Bertz CT molecular complexity index is 899. The summed E-state index contributed by atoms with van der Waals surface area (Å²) < 4.78 is 4.98. The first-order valence-corrected chi connectivity index (χ1v) is 9.55. The Hall–Kier alpha value is -3.68. The average molecular weight is 411 g/mol. The van der Waals surface area contributed by atoms with E-state index >= 15 is 0 Å². The van der Waals surface area contributed by atoms with Gasteiger partial charge in [0.1, 0.15) is 0 Å². The van der Waals surface area contributed by atoms with Gasteiger partial charge in [0.05, 0.1) is 11.1 Å². The predicted octanol–water partition coefficient (Wildman–Crippen LogP) is 2.35. The van der Waals surface area contributed by atoms with Crippen LogP contribution in [0.4, 0.5) is 4.79 Å². The molecule has 0 aromatic heterocycles. The first kappa shape index (κ1) is 22.6. The lowest BCUT2D eigenvalue weighted by molar-refractivity contribution is -0.123. The van der Waals surface area contributed by atoms with Crippen molar-refractivity contribution in [2.75, 3.05) is 20.2 Å². The van der Waals surface area contributed by atoms with Crippen LogP contribution in [0.5, 0.6) is 0 Å². The summed E-state index contributed by atoms with van der Waals surface area (Å²) in [6.45, 7) is 2.03. The molecule has 30 heavy (non-hydrogen) atoms. The monoisotopic (exact) mass is 411 g/mol. The molecule has 0 radical (unpaired) electrons. The molecular formula is C22H25N3O5. The molecule has 0 atom stereocenters. The minimum absolute atomic E-state index is 0.0469. The number of carbonyl (C=O) groups is 4. The van der Waals surface area contributed by atoms with Crippen LogP contribution in [0, 0.1) is 0 Å². The third-order valence-electron chi connectivity index (χ3n) is 4.11. The van der Waals surface area contributed by atoms with Gasteiger partial charge in [-0.2, -0.15) is 0 Å². The molecule has 8 nitrogen and oxygen atoms in total. The van der Waals surface area contributed by atoms with Gasteiger partial charge in [-0.05, 0) is 24.1 Å². The SMILES string of the molecule is CCCNC(=O)NC(=O)COC(=O)c1ccccc1C(=O)N(C)Cc1ccccc1. The summed E-state index contributed by atoms with van der Waals surface area (Å²) in [4.78, 5) is 50.0. The molecule has 2 aromatic carbocycles. The average Bonchev–Trinajstić information content (AvgIpc) is 2.76. The first-order valence-electron chi connectivity index (χ1n) is 9.55. The van der Waals surface area contributed by atoms with Crippen LogP contribution in [0.3, 0.4) is 0 Å². The topological polar surface area (TPSA) is 105 Å². The normalized spacial score (nSPS) is 10.1. The molecule has 0 bridgehead atoms. The highest BCUT2D eigenvalue weighted by molar-refractivity contribution is 6.05. The standard InChI is InChI=1S/C22H25N3O5/c1-3-13-23-22(29)24-19(26)15-30-21(28)18-12-8-7-11-17(18)20(27)25(2)14-16-9-5-4-6-10-16/h4-12H,3,13-15H2,1-2H3,(H2,23,24,26,29). The molecule has 158 valence electrons. The van der Waals surface area contributed by atoms with Gasteiger partial charge in [0, 0.05) is 20.1 Å². The lowest BCUT2D eigenvalue weighted by Crippen LogP contribution is -2.41. The number of hydrogen-bond acceptors (Lipinski definition) is 5. The lowest BCUT2D eigenvalue weighted by Gasteiger charge is -2.19. The predicted molar refractivity (Wildman–Crippen MR) is 111 cm³/mol. The molecule has 0 aliphatic heterocycles. The van der Waals surface area contributed by atoms with Crippen LogP contribution < -0.4 is 10.6 Å². The molecule has 0 aliphatic rings. The summed E-state index contributed by atoms with van der Waals surface area (Å²) in [5.41, 5.74) is 1.17. The van der Waals surface area contributed by atoms with Crippen LogP contribution in [0.25, 0.3) is 0 Å². The Labute approximate surface area is 175 Å². The fourth-order valence-electron chi connectivity index (χ4n) is 2.64. The van der Waals surface area contributed by atoms with E-state index in [0.29, 0.717) is 13.1 Å². The molecule has 4 amide bonds. The summed E-state index contributed by atoms with van der Waals surface area (Å²) in [6.07, 6.45) is 0.722. The fourth-order valence-corrected chi connectivity index (χ4v) is 2.64. The molecule has 2 rings (SSSR count). The molecule has 0 saturated carbocycles. The third kappa shape index (κ3) is 6.73. The van der Waals surface area contributed by atoms with Gasteiger partial charge >= 0.3 is 12.0 Å². The van der Waals surface area contributed by atoms with Crippen molar-refractivity contribution in [3.05, 3.63) is 71.3 Å². The van der Waals surface area contributed by atoms with Gasteiger partial charge in [-0.1, -0.05) is 49.4 Å². The van der Waals surface area contributed by atoms with E-state index in [1.54, 1.807) is 19.2 Å².